The number of rotatable bonds is 2. The van der Waals surface area contributed by atoms with Gasteiger partial charge in [0.1, 0.15) is 0 Å². The van der Waals surface area contributed by atoms with Crippen molar-refractivity contribution in [2.75, 3.05) is 0 Å². The van der Waals surface area contributed by atoms with Crippen molar-refractivity contribution in [1.29, 1.82) is 0 Å². The zero-order chi connectivity index (χ0) is 13.9. The summed E-state index contributed by atoms with van der Waals surface area (Å²) in [6.07, 6.45) is 2.62. The van der Waals surface area contributed by atoms with E-state index in [1.165, 1.54) is 12.8 Å². The summed E-state index contributed by atoms with van der Waals surface area (Å²) in [5.41, 5.74) is 9.84. The number of allylic oxidation sites excluding steroid dienone is 8. The molecule has 2 aliphatic carbocycles. The van der Waals surface area contributed by atoms with Crippen LogP contribution in [0.5, 0.6) is 0 Å². The fourth-order valence-electron chi connectivity index (χ4n) is 4.12. The Morgan fingerprint density at radius 1 is 0.571 bits per heavy atom. The fourth-order valence-corrected chi connectivity index (χ4v) is 13.3. The molecule has 1 saturated heterocycles. The standard InChI is InChI=1S/2C8H11.C2H4.2ClH.Ti/c2*1-6-4-5-7(2)8(6)3;1-2;;;/h2*4H2,1-3H3;1-2H2;2*1H;/q;;;;;+2/p-2. The number of halogens is 2. The molecule has 116 valence electrons. The molecule has 0 aromatic heterocycles. The van der Waals surface area contributed by atoms with Crippen LogP contribution in [0.4, 0.5) is 0 Å². The van der Waals surface area contributed by atoms with Crippen molar-refractivity contribution in [3.63, 3.8) is 0 Å². The average Bonchev–Trinajstić information content (AvgIpc) is 3.09. The Labute approximate surface area is 146 Å². The minimum Gasteiger partial charge on any atom is -1.00 e. The van der Waals surface area contributed by atoms with Gasteiger partial charge < -0.3 is 24.8 Å². The minimum atomic E-state index is -1.78. The predicted molar refractivity (Wildman–Crippen MR) is 81.0 cm³/mol. The van der Waals surface area contributed by atoms with E-state index in [0.29, 0.717) is 0 Å². The van der Waals surface area contributed by atoms with Gasteiger partial charge in [0.25, 0.3) is 0 Å². The molecule has 0 amide bonds. The molecule has 3 rings (SSSR count). The van der Waals surface area contributed by atoms with Gasteiger partial charge in [0, 0.05) is 0 Å². The topological polar surface area (TPSA) is 0 Å². The van der Waals surface area contributed by atoms with E-state index < -0.39 is 16.6 Å². The predicted octanol–water partition coefficient (Wildman–Crippen LogP) is 0.0267. The summed E-state index contributed by atoms with van der Waals surface area (Å²) in [5.74, 6) is 0. The summed E-state index contributed by atoms with van der Waals surface area (Å²) in [5, 5.41) is 0. The van der Waals surface area contributed by atoms with Crippen LogP contribution in [0.1, 0.15) is 54.4 Å². The summed E-state index contributed by atoms with van der Waals surface area (Å²) < 4.78 is 7.01. The Hall–Kier alpha value is 0.254. The van der Waals surface area contributed by atoms with E-state index >= 15 is 0 Å². The molecule has 3 heteroatoms. The summed E-state index contributed by atoms with van der Waals surface area (Å²) in [6, 6.07) is 0. The normalized spacial score (nSPS) is 22.2. The SMILES string of the molecule is CC1=C(C)C(C)=[C]([Ti+2]2([C]3=C(C)C(C)=C(C)C3)[CH2][CH2]2)C1.[Cl-].[Cl-]. The minimum absolute atomic E-state index is 0. The molecule has 3 aliphatic rings. The Bertz CT molecular complexity index is 549. The van der Waals surface area contributed by atoms with E-state index in [0.717, 1.165) is 0 Å². The Kier molecular flexibility index (Phi) is 5.88. The molecule has 1 aliphatic heterocycles. The third kappa shape index (κ3) is 2.78. The molecule has 0 aromatic rings. The maximum Gasteiger partial charge on any atom is -1.00 e. The fraction of sp³-hybridized carbons (Fsp3) is 0.556. The molecule has 1 fully saturated rings. The van der Waals surface area contributed by atoms with Crippen LogP contribution in [0.25, 0.3) is 0 Å². The van der Waals surface area contributed by atoms with Crippen LogP contribution in [-0.4, -0.2) is 0 Å². The molecule has 0 nitrogen and oxygen atoms in total. The smallest absolute Gasteiger partial charge is 1.00 e. The van der Waals surface area contributed by atoms with Crippen LogP contribution < -0.4 is 24.8 Å². The second-order valence-corrected chi connectivity index (χ2v) is 13.8. The molecule has 0 aromatic carbocycles. The first kappa shape index (κ1) is 19.3. The summed E-state index contributed by atoms with van der Waals surface area (Å²) in [6.45, 7) is 14.1. The van der Waals surface area contributed by atoms with E-state index in [-0.39, 0.29) is 24.8 Å². The number of hydrogen-bond acceptors (Lipinski definition) is 0. The third-order valence-electron chi connectivity index (χ3n) is 6.10. The van der Waals surface area contributed by atoms with Crippen molar-refractivity contribution < 1.29 is 41.4 Å². The largest absolute Gasteiger partial charge is 1.00 e. The first-order valence-corrected chi connectivity index (χ1v) is 11.4. The van der Waals surface area contributed by atoms with Crippen LogP contribution in [0.3, 0.4) is 0 Å². The van der Waals surface area contributed by atoms with Crippen molar-refractivity contribution in [3.05, 3.63) is 41.2 Å². The van der Waals surface area contributed by atoms with Gasteiger partial charge in [-0.05, 0) is 0 Å². The monoisotopic (exact) mass is 360 g/mol. The van der Waals surface area contributed by atoms with Crippen LogP contribution in [-0.2, 0) is 16.6 Å². The average molecular weight is 361 g/mol. The molecule has 21 heavy (non-hydrogen) atoms. The molecular weight excluding hydrogens is 335 g/mol. The van der Waals surface area contributed by atoms with Gasteiger partial charge in [-0.15, -0.1) is 0 Å². The maximum atomic E-state index is 2.39. The Morgan fingerprint density at radius 2 is 0.905 bits per heavy atom. The van der Waals surface area contributed by atoms with E-state index in [9.17, 15) is 0 Å². The Balaban J connectivity index is 0.00000110. The van der Waals surface area contributed by atoms with Crippen molar-refractivity contribution >= 4 is 0 Å². The maximum absolute atomic E-state index is 2.39. The van der Waals surface area contributed by atoms with Crippen LogP contribution >= 0.6 is 0 Å². The van der Waals surface area contributed by atoms with Crippen molar-refractivity contribution in [1.82, 2.24) is 0 Å². The van der Waals surface area contributed by atoms with Crippen LogP contribution in [0.15, 0.2) is 41.2 Å². The van der Waals surface area contributed by atoms with E-state index in [2.05, 4.69) is 41.5 Å². The van der Waals surface area contributed by atoms with Crippen molar-refractivity contribution in [3.8, 4) is 0 Å². The van der Waals surface area contributed by atoms with Gasteiger partial charge in [0.2, 0.25) is 0 Å². The van der Waals surface area contributed by atoms with Gasteiger partial charge in [-0.1, -0.05) is 0 Å². The summed E-state index contributed by atoms with van der Waals surface area (Å²) in [7, 11) is 0. The molecule has 0 unspecified atom stereocenters. The van der Waals surface area contributed by atoms with Gasteiger partial charge in [-0.25, -0.2) is 0 Å². The van der Waals surface area contributed by atoms with Crippen LogP contribution in [0, 0.1) is 0 Å². The van der Waals surface area contributed by atoms with Gasteiger partial charge >= 0.3 is 122 Å². The first-order chi connectivity index (χ1) is 8.88. The molecule has 1 heterocycles. The van der Waals surface area contributed by atoms with Gasteiger partial charge in [-0.2, -0.15) is 0 Å². The summed E-state index contributed by atoms with van der Waals surface area (Å²) >= 11 is -1.78. The first-order valence-electron chi connectivity index (χ1n) is 7.62. The molecule has 0 bridgehead atoms. The molecule has 0 saturated carbocycles. The number of hydrogen-bond donors (Lipinski definition) is 0. The quantitative estimate of drug-likeness (QED) is 0.609. The zero-order valence-electron chi connectivity index (χ0n) is 14.1. The summed E-state index contributed by atoms with van der Waals surface area (Å²) in [4.78, 5) is 0. The van der Waals surface area contributed by atoms with Crippen LogP contribution in [0.2, 0.25) is 9.45 Å². The second-order valence-electron chi connectivity index (χ2n) is 6.95. The molecule has 0 atom stereocenters. The van der Waals surface area contributed by atoms with E-state index in [4.69, 9.17) is 0 Å². The zero-order valence-corrected chi connectivity index (χ0v) is 17.2. The molecule has 0 radical (unpaired) electrons. The second kappa shape index (κ2) is 6.40. The van der Waals surface area contributed by atoms with E-state index in [1.807, 2.05) is 7.76 Å². The molecule has 0 N–H and O–H groups in total. The van der Waals surface area contributed by atoms with Crippen molar-refractivity contribution in [2.45, 2.75) is 63.8 Å². The van der Waals surface area contributed by atoms with Crippen molar-refractivity contribution in [2.24, 2.45) is 0 Å². The van der Waals surface area contributed by atoms with E-state index in [1.54, 1.807) is 42.9 Å². The Morgan fingerprint density at radius 3 is 1.10 bits per heavy atom. The van der Waals surface area contributed by atoms with Gasteiger partial charge in [-0.3, -0.25) is 0 Å². The van der Waals surface area contributed by atoms with Gasteiger partial charge in [0.05, 0.1) is 0 Å². The van der Waals surface area contributed by atoms with Gasteiger partial charge in [0.15, 0.2) is 0 Å². The molecule has 0 spiro atoms. The third-order valence-corrected chi connectivity index (χ3v) is 13.8. The molecular formula is C18H26Cl2Ti.